The third-order valence-corrected chi connectivity index (χ3v) is 20.8. The van der Waals surface area contributed by atoms with Gasteiger partial charge in [0.1, 0.15) is 29.9 Å². The van der Waals surface area contributed by atoms with Gasteiger partial charge in [-0.2, -0.15) is 0 Å². The number of Topliss-reactive ketones (excluding diaryl/α,β-unsaturated/α-hetero) is 2. The summed E-state index contributed by atoms with van der Waals surface area (Å²) in [5, 5.41) is 12.1. The lowest BCUT2D eigenvalue weighted by Gasteiger charge is -2.47. The maximum Gasteiger partial charge on any atom is 0.329 e. The quantitative estimate of drug-likeness (QED) is 0.0989. The van der Waals surface area contributed by atoms with Crippen LogP contribution in [0.25, 0.3) is 0 Å². The number of fused-ring (bicyclic) bond motifs is 3. The summed E-state index contributed by atoms with van der Waals surface area (Å²) in [6, 6.07) is -1.09. The summed E-state index contributed by atoms with van der Waals surface area (Å²) in [5.74, 6) is -5.45. The Kier molecular flexibility index (Phi) is 19.6. The molecule has 5 rings (SSSR count). The van der Waals surface area contributed by atoms with Crippen molar-refractivity contribution in [2.45, 2.75) is 206 Å². The Bertz CT molecular complexity index is 1910. The fourth-order valence-electron chi connectivity index (χ4n) is 11.1. The first-order chi connectivity index (χ1) is 32.0. The number of aromatic amines is 1. The van der Waals surface area contributed by atoms with E-state index in [9.17, 15) is 24.3 Å². The zero-order valence-corrected chi connectivity index (χ0v) is 44.9. The Morgan fingerprint density at radius 1 is 0.956 bits per heavy atom. The second-order valence-corrected chi connectivity index (χ2v) is 27.2. The number of ketones is 2. The van der Waals surface area contributed by atoms with E-state index in [2.05, 4.69) is 62.9 Å². The number of ether oxygens (including phenoxy) is 5. The summed E-state index contributed by atoms with van der Waals surface area (Å²) in [6.45, 7) is 22.9. The van der Waals surface area contributed by atoms with Gasteiger partial charge in [0.05, 0.1) is 24.4 Å². The number of H-pyrrole nitrogens is 1. The molecule has 3 fully saturated rings. The molecule has 384 valence electrons. The molecule has 15 heteroatoms. The normalized spacial score (nSPS) is 36.9. The molecule has 1 amide bonds. The van der Waals surface area contributed by atoms with Gasteiger partial charge in [0.2, 0.25) is 5.79 Å². The maximum atomic E-state index is 14.9. The first-order valence-electron chi connectivity index (χ1n) is 25.6. The number of imidazole rings is 1. The van der Waals surface area contributed by atoms with E-state index in [0.717, 1.165) is 42.7 Å². The number of piperidine rings is 1. The molecule has 1 aromatic heterocycles. The number of allylic oxidation sites excluding steroid dienone is 3. The minimum atomic E-state index is -2.53. The van der Waals surface area contributed by atoms with E-state index < -0.39 is 80.2 Å². The second-order valence-electron chi connectivity index (χ2n) is 22.4. The number of cyclic esters (lactones) is 1. The van der Waals surface area contributed by atoms with E-state index in [1.165, 1.54) is 4.90 Å². The Balaban J connectivity index is 1.60. The SMILES string of the molecule is CCC1/C=C(\C)CC(C)CC(OC)C2OC(O)(C(=O)C(=O)N3CCCCC3C(=O)OC(C(C)=CC3CCC(Cc4ncc[nH]4)C(OC)C3)C(C)C(O[Si](C)(C)C(C)(C)C)CC1=O)C(C)CC2OC. The van der Waals surface area contributed by atoms with Crippen LogP contribution in [0.5, 0.6) is 0 Å². The maximum absolute atomic E-state index is 14.9. The molecule has 2 saturated heterocycles. The summed E-state index contributed by atoms with van der Waals surface area (Å²) < 4.78 is 38.3. The smallest absolute Gasteiger partial charge is 0.329 e. The van der Waals surface area contributed by atoms with Gasteiger partial charge in [-0.3, -0.25) is 14.4 Å². The lowest BCUT2D eigenvalue weighted by molar-refractivity contribution is -0.302. The predicted molar refractivity (Wildman–Crippen MR) is 264 cm³/mol. The fourth-order valence-corrected chi connectivity index (χ4v) is 12.5. The Labute approximate surface area is 408 Å². The highest BCUT2D eigenvalue weighted by Gasteiger charge is 2.57. The summed E-state index contributed by atoms with van der Waals surface area (Å²) in [5.41, 5.74) is 1.89. The molecule has 1 aliphatic carbocycles. The fraction of sp³-hybridized carbons (Fsp3) is 0.792. The van der Waals surface area contributed by atoms with E-state index in [4.69, 9.17) is 28.1 Å². The average Bonchev–Trinajstić information content (AvgIpc) is 3.81. The topological polar surface area (TPSA) is 176 Å². The molecule has 4 heterocycles. The highest BCUT2D eigenvalue weighted by molar-refractivity contribution is 6.74. The van der Waals surface area contributed by atoms with Gasteiger partial charge in [0, 0.05) is 70.9 Å². The number of carbonyl (C=O) groups is 4. The van der Waals surface area contributed by atoms with E-state index >= 15 is 0 Å². The van der Waals surface area contributed by atoms with Crippen molar-refractivity contribution in [1.82, 2.24) is 14.9 Å². The first kappa shape index (κ1) is 55.9. The third-order valence-electron chi connectivity index (χ3n) is 16.3. The van der Waals surface area contributed by atoms with Crippen molar-refractivity contribution in [2.24, 2.45) is 35.5 Å². The number of aliphatic hydroxyl groups is 1. The van der Waals surface area contributed by atoms with Crippen LogP contribution in [0, 0.1) is 35.5 Å². The van der Waals surface area contributed by atoms with Crippen LogP contribution in [0.2, 0.25) is 18.1 Å². The number of rotatable bonds is 10. The van der Waals surface area contributed by atoms with Crippen molar-refractivity contribution in [1.29, 1.82) is 0 Å². The molecule has 4 aliphatic rings. The van der Waals surface area contributed by atoms with E-state index in [1.54, 1.807) is 34.4 Å². The van der Waals surface area contributed by atoms with Crippen molar-refractivity contribution in [3.05, 3.63) is 41.5 Å². The molecule has 14 unspecified atom stereocenters. The number of amides is 1. The monoisotopic (exact) mass is 970 g/mol. The lowest BCUT2D eigenvalue weighted by Crippen LogP contribution is -2.64. The summed E-state index contributed by atoms with van der Waals surface area (Å²) >= 11 is 0. The van der Waals surface area contributed by atoms with Crippen LogP contribution in [0.3, 0.4) is 0 Å². The molecule has 1 aromatic rings. The highest BCUT2D eigenvalue weighted by Crippen LogP contribution is 2.42. The van der Waals surface area contributed by atoms with Crippen LogP contribution in [0.4, 0.5) is 0 Å². The number of hydrogen-bond donors (Lipinski definition) is 2. The standard InChI is InChI=1S/C53H87N3O11Si/c1-15-38-25-32(2)24-33(3)26-44(63-11)48-45(64-12)28-35(5)53(61,66-48)49(58)50(59)56-23-17-16-18-40(56)51(60)65-47(36(6)42(31-41(38)57)67-68(13,14)52(7,8)9)34(4)27-37-19-20-39(43(29-37)62-10)30-46-54-21-22-55-46/h21-22,25,27,33,35-40,42-45,47-48,61H,15-20,23-24,26,28-31H2,1-14H3,(H,54,55)/b32-25+,34-27?. The first-order valence-corrected chi connectivity index (χ1v) is 28.5. The number of methoxy groups -OCH3 is 3. The van der Waals surface area contributed by atoms with Crippen LogP contribution in [0.1, 0.15) is 139 Å². The molecular weight excluding hydrogens is 883 g/mol. The molecule has 1 saturated carbocycles. The van der Waals surface area contributed by atoms with Crippen LogP contribution in [0.15, 0.2) is 35.7 Å². The van der Waals surface area contributed by atoms with Gasteiger partial charge in [-0.1, -0.05) is 66.2 Å². The molecule has 2 N–H and O–H groups in total. The zero-order chi connectivity index (χ0) is 50.3. The van der Waals surface area contributed by atoms with Crippen LogP contribution in [-0.4, -0.2) is 128 Å². The molecule has 2 bridgehead atoms. The molecule has 14 nitrogen and oxygen atoms in total. The minimum absolute atomic E-state index is 0.00945. The van der Waals surface area contributed by atoms with Gasteiger partial charge in [0.25, 0.3) is 11.7 Å². The highest BCUT2D eigenvalue weighted by atomic mass is 28.4. The Morgan fingerprint density at radius 3 is 2.25 bits per heavy atom. The number of aromatic nitrogens is 2. The van der Waals surface area contributed by atoms with E-state index in [1.807, 2.05) is 33.9 Å². The lowest BCUT2D eigenvalue weighted by atomic mass is 9.76. The van der Waals surface area contributed by atoms with Crippen molar-refractivity contribution >= 4 is 31.8 Å². The van der Waals surface area contributed by atoms with Gasteiger partial charge < -0.3 is 43.1 Å². The second kappa shape index (κ2) is 23.9. The van der Waals surface area contributed by atoms with Gasteiger partial charge in [-0.25, -0.2) is 9.78 Å². The number of esters is 1. The molecule has 3 aliphatic heterocycles. The molecule has 0 spiro atoms. The largest absolute Gasteiger partial charge is 0.456 e. The molecule has 14 atom stereocenters. The number of hydrogen-bond acceptors (Lipinski definition) is 12. The van der Waals surface area contributed by atoms with Gasteiger partial charge in [-0.15, -0.1) is 0 Å². The van der Waals surface area contributed by atoms with Gasteiger partial charge in [0.15, 0.2) is 8.32 Å². The number of carbonyl (C=O) groups excluding carboxylic acids is 4. The van der Waals surface area contributed by atoms with Crippen LogP contribution < -0.4 is 0 Å². The number of nitrogens with one attached hydrogen (secondary N) is 1. The van der Waals surface area contributed by atoms with E-state index in [0.29, 0.717) is 32.1 Å². The summed E-state index contributed by atoms with van der Waals surface area (Å²) in [6.07, 6.45) is 11.4. The molecule has 0 aromatic carbocycles. The molecule has 0 radical (unpaired) electrons. The zero-order valence-electron chi connectivity index (χ0n) is 43.9. The molecular formula is C53H87N3O11Si. The van der Waals surface area contributed by atoms with Crippen LogP contribution in [-0.2, 0) is 53.7 Å². The van der Waals surface area contributed by atoms with Crippen LogP contribution >= 0.6 is 0 Å². The van der Waals surface area contributed by atoms with Gasteiger partial charge in [-0.05, 0) is 120 Å². The Morgan fingerprint density at radius 2 is 1.63 bits per heavy atom. The number of nitrogens with zero attached hydrogens (tertiary/aromatic N) is 2. The predicted octanol–water partition coefficient (Wildman–Crippen LogP) is 8.72. The minimum Gasteiger partial charge on any atom is -0.456 e. The average molecular weight is 970 g/mol. The van der Waals surface area contributed by atoms with Crippen molar-refractivity contribution in [2.75, 3.05) is 27.9 Å². The van der Waals surface area contributed by atoms with Crippen molar-refractivity contribution in [3.8, 4) is 0 Å². The summed E-state index contributed by atoms with van der Waals surface area (Å²) in [7, 11) is 2.35. The van der Waals surface area contributed by atoms with E-state index in [-0.39, 0.29) is 66.4 Å². The van der Waals surface area contributed by atoms with Gasteiger partial charge >= 0.3 is 5.97 Å². The van der Waals surface area contributed by atoms with Crippen molar-refractivity contribution in [3.63, 3.8) is 0 Å². The molecule has 68 heavy (non-hydrogen) atoms. The Hall–Kier alpha value is -3.05. The third kappa shape index (κ3) is 13.3. The van der Waals surface area contributed by atoms with Crippen molar-refractivity contribution < 1.29 is 52.4 Å². The summed E-state index contributed by atoms with van der Waals surface area (Å²) in [4.78, 5) is 67.8.